The summed E-state index contributed by atoms with van der Waals surface area (Å²) in [5, 5.41) is 3.44. The number of nitrogens with zero attached hydrogens (tertiary/aromatic N) is 2. The lowest BCUT2D eigenvalue weighted by Gasteiger charge is -2.35. The van der Waals surface area contributed by atoms with Crippen molar-refractivity contribution in [2.24, 2.45) is 0 Å². The van der Waals surface area contributed by atoms with Gasteiger partial charge in [0.1, 0.15) is 0 Å². The summed E-state index contributed by atoms with van der Waals surface area (Å²) < 4.78 is 11.5. The molecule has 0 aromatic carbocycles. The van der Waals surface area contributed by atoms with E-state index in [-0.39, 0.29) is 11.1 Å². The monoisotopic (exact) mass is 329 g/mol. The highest BCUT2D eigenvalue weighted by molar-refractivity contribution is 4.72. The second-order valence-corrected chi connectivity index (χ2v) is 8.43. The van der Waals surface area contributed by atoms with Crippen molar-refractivity contribution in [1.82, 2.24) is 15.1 Å². The minimum absolute atomic E-state index is 0.0268. The van der Waals surface area contributed by atoms with Crippen LogP contribution >= 0.6 is 0 Å². The van der Waals surface area contributed by atoms with Crippen LogP contribution in [-0.4, -0.2) is 86.6 Å². The van der Waals surface area contributed by atoms with Crippen LogP contribution in [-0.2, 0) is 9.47 Å². The Balaban J connectivity index is 1.98. The molecule has 1 aliphatic rings. The van der Waals surface area contributed by atoms with E-state index in [0.29, 0.717) is 0 Å². The first-order valence-electron chi connectivity index (χ1n) is 9.07. The first-order valence-corrected chi connectivity index (χ1v) is 9.07. The van der Waals surface area contributed by atoms with Gasteiger partial charge in [-0.05, 0) is 41.5 Å². The van der Waals surface area contributed by atoms with Gasteiger partial charge >= 0.3 is 0 Å². The van der Waals surface area contributed by atoms with E-state index in [4.69, 9.17) is 9.47 Å². The Morgan fingerprint density at radius 2 is 1.30 bits per heavy atom. The highest BCUT2D eigenvalue weighted by Gasteiger charge is 2.17. The molecule has 1 aliphatic heterocycles. The molecule has 0 bridgehead atoms. The molecular formula is C18H39N3O2. The van der Waals surface area contributed by atoms with E-state index in [1.807, 2.05) is 0 Å². The van der Waals surface area contributed by atoms with Crippen molar-refractivity contribution in [3.63, 3.8) is 0 Å². The Kier molecular flexibility index (Phi) is 9.01. The average Bonchev–Trinajstić information content (AvgIpc) is 2.42. The zero-order valence-corrected chi connectivity index (χ0v) is 16.3. The molecule has 0 atom stereocenters. The van der Waals surface area contributed by atoms with Crippen LogP contribution in [0.2, 0.25) is 0 Å². The lowest BCUT2D eigenvalue weighted by Crippen LogP contribution is -2.48. The second-order valence-electron chi connectivity index (χ2n) is 8.43. The van der Waals surface area contributed by atoms with Crippen molar-refractivity contribution in [1.29, 1.82) is 0 Å². The van der Waals surface area contributed by atoms with Crippen molar-refractivity contribution in [3.05, 3.63) is 0 Å². The van der Waals surface area contributed by atoms with Gasteiger partial charge in [-0.2, -0.15) is 0 Å². The normalized spacial score (nSPS) is 18.5. The Morgan fingerprint density at radius 1 is 0.783 bits per heavy atom. The van der Waals surface area contributed by atoms with Crippen molar-refractivity contribution in [2.45, 2.75) is 52.7 Å². The Hall–Kier alpha value is -0.200. The van der Waals surface area contributed by atoms with Crippen LogP contribution < -0.4 is 5.32 Å². The molecule has 5 heteroatoms. The number of rotatable bonds is 9. The fourth-order valence-electron chi connectivity index (χ4n) is 2.51. The van der Waals surface area contributed by atoms with Gasteiger partial charge in [0.25, 0.3) is 0 Å². The molecule has 1 saturated heterocycles. The van der Waals surface area contributed by atoms with Crippen LogP contribution in [0.15, 0.2) is 0 Å². The summed E-state index contributed by atoms with van der Waals surface area (Å²) in [4.78, 5) is 4.99. The molecule has 0 unspecified atom stereocenters. The van der Waals surface area contributed by atoms with E-state index in [0.717, 1.165) is 65.6 Å². The van der Waals surface area contributed by atoms with E-state index >= 15 is 0 Å². The molecular weight excluding hydrogens is 290 g/mol. The molecule has 5 nitrogen and oxygen atoms in total. The molecule has 0 aliphatic carbocycles. The topological polar surface area (TPSA) is 37.0 Å². The standard InChI is InChI=1S/C18H39N3O2/c1-17(2,3)19-7-14-22-15-12-20-8-10-21(11-9-20)13-16-23-18(4,5)6/h19H,7-16H2,1-6H3. The number of ether oxygens (including phenoxy) is 2. The third-order valence-corrected chi connectivity index (χ3v) is 3.86. The maximum atomic E-state index is 5.80. The average molecular weight is 330 g/mol. The van der Waals surface area contributed by atoms with Crippen LogP contribution in [0.4, 0.5) is 0 Å². The van der Waals surface area contributed by atoms with Crippen LogP contribution in [0.3, 0.4) is 0 Å². The number of piperazine rings is 1. The molecule has 1 heterocycles. The third-order valence-electron chi connectivity index (χ3n) is 3.86. The number of hydrogen-bond donors (Lipinski definition) is 1. The lowest BCUT2D eigenvalue weighted by atomic mass is 10.1. The van der Waals surface area contributed by atoms with Gasteiger partial charge in [0, 0.05) is 51.4 Å². The maximum Gasteiger partial charge on any atom is 0.0600 e. The second kappa shape index (κ2) is 9.94. The summed E-state index contributed by atoms with van der Waals surface area (Å²) in [6.07, 6.45) is 0. The predicted molar refractivity (Wildman–Crippen MR) is 97.2 cm³/mol. The zero-order valence-electron chi connectivity index (χ0n) is 16.3. The van der Waals surface area contributed by atoms with Crippen LogP contribution in [0.1, 0.15) is 41.5 Å². The van der Waals surface area contributed by atoms with Crippen molar-refractivity contribution in [3.8, 4) is 0 Å². The van der Waals surface area contributed by atoms with E-state index in [9.17, 15) is 0 Å². The molecule has 1 rings (SSSR count). The molecule has 0 radical (unpaired) electrons. The molecule has 23 heavy (non-hydrogen) atoms. The maximum absolute atomic E-state index is 5.80. The summed E-state index contributed by atoms with van der Waals surface area (Å²) in [6.45, 7) is 22.9. The van der Waals surface area contributed by atoms with Gasteiger partial charge < -0.3 is 14.8 Å². The predicted octanol–water partition coefficient (Wildman–Crippen LogP) is 1.82. The molecule has 1 fully saturated rings. The Labute approximate surface area is 143 Å². The smallest absolute Gasteiger partial charge is 0.0600 e. The van der Waals surface area contributed by atoms with Gasteiger partial charge in [-0.3, -0.25) is 9.80 Å². The SMILES string of the molecule is CC(C)(C)NCCOCCN1CCN(CCOC(C)(C)C)CC1. The molecule has 0 aromatic rings. The largest absolute Gasteiger partial charge is 0.379 e. The zero-order chi connectivity index (χ0) is 17.3. The molecule has 0 spiro atoms. The highest BCUT2D eigenvalue weighted by Crippen LogP contribution is 2.07. The first-order chi connectivity index (χ1) is 10.7. The molecule has 1 N–H and O–H groups in total. The van der Waals surface area contributed by atoms with Crippen LogP contribution in [0, 0.1) is 0 Å². The van der Waals surface area contributed by atoms with E-state index in [1.54, 1.807) is 0 Å². The number of hydrogen-bond acceptors (Lipinski definition) is 5. The van der Waals surface area contributed by atoms with E-state index in [2.05, 4.69) is 56.7 Å². The minimum Gasteiger partial charge on any atom is -0.379 e. The van der Waals surface area contributed by atoms with Crippen LogP contribution in [0.5, 0.6) is 0 Å². The molecule has 0 amide bonds. The van der Waals surface area contributed by atoms with Gasteiger partial charge in [-0.1, -0.05) is 0 Å². The van der Waals surface area contributed by atoms with Crippen molar-refractivity contribution >= 4 is 0 Å². The van der Waals surface area contributed by atoms with Crippen LogP contribution in [0.25, 0.3) is 0 Å². The summed E-state index contributed by atoms with van der Waals surface area (Å²) in [5.41, 5.74) is 0.150. The summed E-state index contributed by atoms with van der Waals surface area (Å²) in [6, 6.07) is 0. The van der Waals surface area contributed by atoms with E-state index in [1.165, 1.54) is 0 Å². The third kappa shape index (κ3) is 11.9. The van der Waals surface area contributed by atoms with Gasteiger partial charge in [-0.15, -0.1) is 0 Å². The lowest BCUT2D eigenvalue weighted by molar-refractivity contribution is -0.0187. The molecule has 138 valence electrons. The van der Waals surface area contributed by atoms with Gasteiger partial charge in [0.15, 0.2) is 0 Å². The molecule has 0 saturated carbocycles. The Morgan fingerprint density at radius 3 is 1.78 bits per heavy atom. The van der Waals surface area contributed by atoms with Gasteiger partial charge in [0.2, 0.25) is 0 Å². The van der Waals surface area contributed by atoms with Gasteiger partial charge in [-0.25, -0.2) is 0 Å². The van der Waals surface area contributed by atoms with E-state index < -0.39 is 0 Å². The van der Waals surface area contributed by atoms with Gasteiger partial charge in [0.05, 0.1) is 25.4 Å². The quantitative estimate of drug-likeness (QED) is 0.653. The molecule has 0 aromatic heterocycles. The summed E-state index contributed by atoms with van der Waals surface area (Å²) >= 11 is 0. The minimum atomic E-state index is -0.0268. The summed E-state index contributed by atoms with van der Waals surface area (Å²) in [5.74, 6) is 0. The summed E-state index contributed by atoms with van der Waals surface area (Å²) in [7, 11) is 0. The number of nitrogens with one attached hydrogen (secondary N) is 1. The fraction of sp³-hybridized carbons (Fsp3) is 1.00. The fourth-order valence-corrected chi connectivity index (χ4v) is 2.51. The highest BCUT2D eigenvalue weighted by atomic mass is 16.5. The van der Waals surface area contributed by atoms with Crippen molar-refractivity contribution < 1.29 is 9.47 Å². The first kappa shape index (κ1) is 20.8. The van der Waals surface area contributed by atoms with Crippen molar-refractivity contribution in [2.75, 3.05) is 65.6 Å². The Bertz CT molecular complexity index is 300.